The third kappa shape index (κ3) is 3.51. The van der Waals surface area contributed by atoms with Gasteiger partial charge in [-0.05, 0) is 48.9 Å². The maximum atomic E-state index is 12.8. The summed E-state index contributed by atoms with van der Waals surface area (Å²) in [5.74, 6) is 0.0450. The minimum Gasteiger partial charge on any atom is -0.334 e. The molecule has 0 bridgehead atoms. The Hall–Kier alpha value is -1.98. The van der Waals surface area contributed by atoms with Gasteiger partial charge in [0.15, 0.2) is 0 Å². The van der Waals surface area contributed by atoms with E-state index < -0.39 is 0 Å². The summed E-state index contributed by atoms with van der Waals surface area (Å²) < 4.78 is 0. The molecule has 118 valence electrons. The molecule has 3 rings (SSSR count). The van der Waals surface area contributed by atoms with Crippen LogP contribution in [0.4, 0.5) is 0 Å². The number of hydrogen-bond acceptors (Lipinski definition) is 4. The zero-order chi connectivity index (χ0) is 16.2. The van der Waals surface area contributed by atoms with Crippen LogP contribution in [0.2, 0.25) is 0 Å². The summed E-state index contributed by atoms with van der Waals surface area (Å²) in [4.78, 5) is 21.6. The highest BCUT2D eigenvalue weighted by molar-refractivity contribution is 7.13. The van der Waals surface area contributed by atoms with Gasteiger partial charge < -0.3 is 4.90 Å². The maximum Gasteiger partial charge on any atom is 0.256 e. The Morgan fingerprint density at radius 1 is 1.13 bits per heavy atom. The van der Waals surface area contributed by atoms with Gasteiger partial charge in [0.05, 0.1) is 28.4 Å². The molecule has 1 amide bonds. The molecular formula is C18H18N2OS2. The number of pyridine rings is 1. The fourth-order valence-corrected chi connectivity index (χ4v) is 3.85. The lowest BCUT2D eigenvalue weighted by atomic mass is 10.1. The minimum atomic E-state index is 0.0450. The number of nitrogens with zero attached hydrogens (tertiary/aromatic N) is 2. The van der Waals surface area contributed by atoms with E-state index in [0.29, 0.717) is 18.7 Å². The molecule has 0 spiro atoms. The molecule has 0 fully saturated rings. The smallest absolute Gasteiger partial charge is 0.256 e. The number of amides is 1. The lowest BCUT2D eigenvalue weighted by Crippen LogP contribution is -2.30. The lowest BCUT2D eigenvalue weighted by molar-refractivity contribution is 0.0753. The quantitative estimate of drug-likeness (QED) is 0.664. The summed E-state index contributed by atoms with van der Waals surface area (Å²) in [6.45, 7) is 5.25. The van der Waals surface area contributed by atoms with Crippen molar-refractivity contribution in [2.24, 2.45) is 0 Å². The Morgan fingerprint density at radius 3 is 2.52 bits per heavy atom. The third-order valence-electron chi connectivity index (χ3n) is 3.69. The average molecular weight is 342 g/mol. The SMILES string of the molecule is CCN(Cc1cccs1)C(=O)c1ccc(-c2cccs2)nc1C. The van der Waals surface area contributed by atoms with Crippen molar-refractivity contribution in [1.82, 2.24) is 9.88 Å². The van der Waals surface area contributed by atoms with Crippen LogP contribution in [-0.2, 0) is 6.54 Å². The molecule has 0 atom stereocenters. The molecular weight excluding hydrogens is 324 g/mol. The van der Waals surface area contributed by atoms with Gasteiger partial charge in [0.1, 0.15) is 0 Å². The Balaban J connectivity index is 1.83. The molecule has 0 aliphatic carbocycles. The van der Waals surface area contributed by atoms with E-state index in [1.54, 1.807) is 22.7 Å². The molecule has 23 heavy (non-hydrogen) atoms. The summed E-state index contributed by atoms with van der Waals surface area (Å²) in [6.07, 6.45) is 0. The number of rotatable bonds is 5. The van der Waals surface area contributed by atoms with Crippen molar-refractivity contribution >= 4 is 28.6 Å². The van der Waals surface area contributed by atoms with Gasteiger partial charge in [0, 0.05) is 11.4 Å². The highest BCUT2D eigenvalue weighted by atomic mass is 32.1. The standard InChI is InChI=1S/C18H18N2OS2/c1-3-20(12-14-6-4-10-22-14)18(21)15-8-9-16(19-13(15)2)17-7-5-11-23-17/h4-11H,3,12H2,1-2H3. The Morgan fingerprint density at radius 2 is 1.91 bits per heavy atom. The predicted molar refractivity (Wildman–Crippen MR) is 97.0 cm³/mol. The van der Waals surface area contributed by atoms with Crippen LogP contribution in [0.25, 0.3) is 10.6 Å². The first kappa shape index (κ1) is 15.9. The largest absolute Gasteiger partial charge is 0.334 e. The van der Waals surface area contributed by atoms with Gasteiger partial charge >= 0.3 is 0 Å². The van der Waals surface area contributed by atoms with Crippen LogP contribution < -0.4 is 0 Å². The molecule has 0 aliphatic heterocycles. The maximum absolute atomic E-state index is 12.8. The highest BCUT2D eigenvalue weighted by Crippen LogP contribution is 2.24. The van der Waals surface area contributed by atoms with Crippen molar-refractivity contribution in [3.8, 4) is 10.6 Å². The fraction of sp³-hybridized carbons (Fsp3) is 0.222. The molecule has 5 heteroatoms. The third-order valence-corrected chi connectivity index (χ3v) is 5.44. The zero-order valence-corrected chi connectivity index (χ0v) is 14.8. The number of aromatic nitrogens is 1. The van der Waals surface area contributed by atoms with Crippen molar-refractivity contribution in [3.63, 3.8) is 0 Å². The molecule has 3 nitrogen and oxygen atoms in total. The van der Waals surface area contributed by atoms with Gasteiger partial charge in [-0.1, -0.05) is 12.1 Å². The monoisotopic (exact) mass is 342 g/mol. The van der Waals surface area contributed by atoms with E-state index >= 15 is 0 Å². The van der Waals surface area contributed by atoms with Crippen LogP contribution in [0.5, 0.6) is 0 Å². The van der Waals surface area contributed by atoms with E-state index in [-0.39, 0.29) is 5.91 Å². The highest BCUT2D eigenvalue weighted by Gasteiger charge is 2.18. The number of carbonyl (C=O) groups is 1. The summed E-state index contributed by atoms with van der Waals surface area (Å²) >= 11 is 3.33. The van der Waals surface area contributed by atoms with Crippen LogP contribution in [0, 0.1) is 6.92 Å². The summed E-state index contributed by atoms with van der Waals surface area (Å²) in [7, 11) is 0. The van der Waals surface area contributed by atoms with Crippen molar-refractivity contribution in [3.05, 3.63) is 63.3 Å². The van der Waals surface area contributed by atoms with E-state index in [1.165, 1.54) is 4.88 Å². The molecule has 0 aliphatic rings. The van der Waals surface area contributed by atoms with Crippen molar-refractivity contribution in [2.45, 2.75) is 20.4 Å². The molecule has 3 aromatic heterocycles. The van der Waals surface area contributed by atoms with Gasteiger partial charge in [0.25, 0.3) is 5.91 Å². The van der Waals surface area contributed by atoms with E-state index in [9.17, 15) is 4.79 Å². The van der Waals surface area contributed by atoms with Gasteiger partial charge in [-0.25, -0.2) is 0 Å². The number of carbonyl (C=O) groups excluding carboxylic acids is 1. The van der Waals surface area contributed by atoms with Gasteiger partial charge in [-0.2, -0.15) is 0 Å². The zero-order valence-electron chi connectivity index (χ0n) is 13.2. The topological polar surface area (TPSA) is 33.2 Å². The number of hydrogen-bond donors (Lipinski definition) is 0. The molecule has 3 aromatic rings. The Kier molecular flexibility index (Phi) is 4.88. The van der Waals surface area contributed by atoms with Crippen LogP contribution in [0.3, 0.4) is 0 Å². The fourth-order valence-electron chi connectivity index (χ4n) is 2.44. The molecule has 0 radical (unpaired) electrons. The molecule has 3 heterocycles. The Bertz CT molecular complexity index is 779. The first-order valence-corrected chi connectivity index (χ1v) is 9.28. The van der Waals surface area contributed by atoms with E-state index in [4.69, 9.17) is 0 Å². The van der Waals surface area contributed by atoms with Crippen molar-refractivity contribution < 1.29 is 4.79 Å². The second-order valence-corrected chi connectivity index (χ2v) is 7.19. The number of aryl methyl sites for hydroxylation is 1. The van der Waals surface area contributed by atoms with Crippen LogP contribution >= 0.6 is 22.7 Å². The lowest BCUT2D eigenvalue weighted by Gasteiger charge is -2.21. The Labute approximate surface area is 144 Å². The molecule has 0 N–H and O–H groups in total. The molecule has 0 aromatic carbocycles. The van der Waals surface area contributed by atoms with Gasteiger partial charge in [-0.3, -0.25) is 9.78 Å². The van der Waals surface area contributed by atoms with Crippen LogP contribution in [0.15, 0.2) is 47.2 Å². The average Bonchev–Trinajstić information content (AvgIpc) is 3.25. The molecule has 0 saturated carbocycles. The second kappa shape index (κ2) is 7.06. The van der Waals surface area contributed by atoms with E-state index in [0.717, 1.165) is 16.3 Å². The van der Waals surface area contributed by atoms with Crippen molar-refractivity contribution in [1.29, 1.82) is 0 Å². The summed E-state index contributed by atoms with van der Waals surface area (Å²) in [5.41, 5.74) is 2.39. The predicted octanol–water partition coefficient (Wildman–Crippen LogP) is 4.84. The van der Waals surface area contributed by atoms with Gasteiger partial charge in [-0.15, -0.1) is 22.7 Å². The van der Waals surface area contributed by atoms with E-state index in [1.807, 2.05) is 59.8 Å². The van der Waals surface area contributed by atoms with Gasteiger partial charge in [0.2, 0.25) is 0 Å². The number of thiophene rings is 2. The summed E-state index contributed by atoms with van der Waals surface area (Å²) in [5, 5.41) is 4.07. The van der Waals surface area contributed by atoms with Crippen molar-refractivity contribution in [2.75, 3.05) is 6.54 Å². The second-order valence-electron chi connectivity index (χ2n) is 5.21. The van der Waals surface area contributed by atoms with Crippen LogP contribution in [0.1, 0.15) is 27.9 Å². The summed E-state index contributed by atoms with van der Waals surface area (Å²) in [6, 6.07) is 12.0. The minimum absolute atomic E-state index is 0.0450. The van der Waals surface area contributed by atoms with Crippen LogP contribution in [-0.4, -0.2) is 22.3 Å². The normalized spacial score (nSPS) is 10.7. The first-order chi connectivity index (χ1) is 11.2. The molecule has 0 saturated heterocycles. The van der Waals surface area contributed by atoms with E-state index in [2.05, 4.69) is 11.1 Å². The molecule has 0 unspecified atom stereocenters. The first-order valence-electron chi connectivity index (χ1n) is 7.52.